The van der Waals surface area contributed by atoms with E-state index >= 15 is 0 Å². The normalized spacial score (nSPS) is 10.2. The van der Waals surface area contributed by atoms with Crippen LogP contribution in [0.2, 0.25) is 0 Å². The Morgan fingerprint density at radius 3 is 2.90 bits per heavy atom. The summed E-state index contributed by atoms with van der Waals surface area (Å²) in [6.45, 7) is 1.27. The highest BCUT2D eigenvalue weighted by atomic mass is 32.1. The molecule has 0 saturated heterocycles. The highest BCUT2D eigenvalue weighted by Crippen LogP contribution is 2.03. The molecule has 0 aromatic carbocycles. The summed E-state index contributed by atoms with van der Waals surface area (Å²) in [6.07, 6.45) is 4.53. The minimum Gasteiger partial charge on any atom is -0.476 e. The topological polar surface area (TPSA) is 109 Å². The Balaban J connectivity index is 1.67. The van der Waals surface area contributed by atoms with Gasteiger partial charge >= 0.3 is 12.0 Å². The SMILES string of the molecule is O=C(NCCn1cnc(C(=O)O)c1)NCc1cncs1. The summed E-state index contributed by atoms with van der Waals surface area (Å²) in [6, 6.07) is -0.281. The zero-order valence-corrected chi connectivity index (χ0v) is 11.3. The van der Waals surface area contributed by atoms with E-state index in [0.29, 0.717) is 19.6 Å². The second kappa shape index (κ2) is 6.66. The second-order valence-corrected chi connectivity index (χ2v) is 4.85. The quantitative estimate of drug-likeness (QED) is 0.720. The molecular formula is C11H13N5O3S. The van der Waals surface area contributed by atoms with Gasteiger partial charge in [-0.25, -0.2) is 14.6 Å². The van der Waals surface area contributed by atoms with E-state index in [0.717, 1.165) is 4.88 Å². The lowest BCUT2D eigenvalue weighted by molar-refractivity contribution is 0.0691. The molecule has 0 bridgehead atoms. The van der Waals surface area contributed by atoms with Crippen molar-refractivity contribution in [3.8, 4) is 0 Å². The first-order valence-corrected chi connectivity index (χ1v) is 6.67. The van der Waals surface area contributed by atoms with E-state index in [1.807, 2.05) is 0 Å². The molecule has 0 saturated carbocycles. The largest absolute Gasteiger partial charge is 0.476 e. The van der Waals surface area contributed by atoms with Crippen LogP contribution < -0.4 is 10.6 Å². The van der Waals surface area contributed by atoms with Gasteiger partial charge in [0.2, 0.25) is 0 Å². The number of aromatic carboxylic acids is 1. The first-order chi connectivity index (χ1) is 9.65. The predicted octanol–water partition coefficient (Wildman–Crippen LogP) is 0.537. The van der Waals surface area contributed by atoms with Crippen molar-refractivity contribution in [2.75, 3.05) is 6.54 Å². The maximum Gasteiger partial charge on any atom is 0.356 e. The first-order valence-electron chi connectivity index (χ1n) is 5.79. The fourth-order valence-corrected chi connectivity index (χ4v) is 1.99. The summed E-state index contributed by atoms with van der Waals surface area (Å²) < 4.78 is 1.60. The Kier molecular flexibility index (Phi) is 4.66. The average molecular weight is 295 g/mol. The van der Waals surface area contributed by atoms with E-state index in [-0.39, 0.29) is 11.7 Å². The Bertz CT molecular complexity index is 581. The van der Waals surface area contributed by atoms with Crippen LogP contribution in [0.3, 0.4) is 0 Å². The van der Waals surface area contributed by atoms with E-state index in [1.54, 1.807) is 16.3 Å². The monoisotopic (exact) mass is 295 g/mol. The molecule has 2 aromatic heterocycles. The third-order valence-corrected chi connectivity index (χ3v) is 3.19. The minimum atomic E-state index is -1.07. The van der Waals surface area contributed by atoms with Crippen LogP contribution in [-0.4, -0.2) is 38.2 Å². The molecule has 0 fully saturated rings. The molecule has 0 aliphatic carbocycles. The van der Waals surface area contributed by atoms with E-state index < -0.39 is 5.97 Å². The molecule has 0 unspecified atom stereocenters. The number of nitrogens with one attached hydrogen (secondary N) is 2. The number of urea groups is 1. The van der Waals surface area contributed by atoms with E-state index in [9.17, 15) is 9.59 Å². The number of carbonyl (C=O) groups is 2. The number of rotatable bonds is 6. The predicted molar refractivity (Wildman–Crippen MR) is 71.5 cm³/mol. The number of hydrogen-bond donors (Lipinski definition) is 3. The average Bonchev–Trinajstić information content (AvgIpc) is 3.07. The van der Waals surface area contributed by atoms with Crippen LogP contribution in [0.4, 0.5) is 4.79 Å². The highest BCUT2D eigenvalue weighted by Gasteiger charge is 2.06. The molecule has 3 N–H and O–H groups in total. The van der Waals surface area contributed by atoms with Crippen molar-refractivity contribution in [1.29, 1.82) is 0 Å². The van der Waals surface area contributed by atoms with Gasteiger partial charge < -0.3 is 20.3 Å². The van der Waals surface area contributed by atoms with Crippen molar-refractivity contribution < 1.29 is 14.7 Å². The molecule has 106 valence electrons. The number of aromatic nitrogens is 3. The lowest BCUT2D eigenvalue weighted by Crippen LogP contribution is -2.36. The molecule has 9 heteroatoms. The number of hydrogen-bond acceptors (Lipinski definition) is 5. The summed E-state index contributed by atoms with van der Waals surface area (Å²) in [5.74, 6) is -1.07. The third-order valence-electron chi connectivity index (χ3n) is 2.41. The molecule has 20 heavy (non-hydrogen) atoms. The molecule has 2 rings (SSSR count). The maximum atomic E-state index is 11.5. The standard InChI is InChI=1S/C11H13N5O3S/c17-10(18)9-5-16(6-15-9)2-1-13-11(19)14-4-8-3-12-7-20-8/h3,5-7H,1-2,4H2,(H,17,18)(H2,13,14,19). The zero-order chi connectivity index (χ0) is 14.4. The highest BCUT2D eigenvalue weighted by molar-refractivity contribution is 7.09. The van der Waals surface area contributed by atoms with Gasteiger partial charge in [-0.1, -0.05) is 0 Å². The molecule has 0 aliphatic heterocycles. The summed E-state index contributed by atoms with van der Waals surface area (Å²) in [7, 11) is 0. The lowest BCUT2D eigenvalue weighted by atomic mass is 10.5. The summed E-state index contributed by atoms with van der Waals surface area (Å²) >= 11 is 1.47. The van der Waals surface area contributed by atoms with Gasteiger partial charge in [-0.05, 0) is 0 Å². The van der Waals surface area contributed by atoms with Gasteiger partial charge in [0.1, 0.15) is 0 Å². The van der Waals surface area contributed by atoms with Crippen molar-refractivity contribution in [3.63, 3.8) is 0 Å². The van der Waals surface area contributed by atoms with Crippen molar-refractivity contribution in [2.45, 2.75) is 13.1 Å². The molecule has 2 aromatic rings. The zero-order valence-electron chi connectivity index (χ0n) is 10.4. The Labute approximate surface area is 118 Å². The lowest BCUT2D eigenvalue weighted by Gasteiger charge is -2.06. The van der Waals surface area contributed by atoms with Crippen LogP contribution >= 0.6 is 11.3 Å². The van der Waals surface area contributed by atoms with Crippen molar-refractivity contribution in [1.82, 2.24) is 25.2 Å². The van der Waals surface area contributed by atoms with Gasteiger partial charge in [0.05, 0.1) is 18.4 Å². The second-order valence-electron chi connectivity index (χ2n) is 3.88. The minimum absolute atomic E-state index is 0.0142. The Hall–Kier alpha value is -2.42. The smallest absolute Gasteiger partial charge is 0.356 e. The number of amides is 2. The molecule has 0 spiro atoms. The molecule has 0 aliphatic rings. The summed E-state index contributed by atoms with van der Waals surface area (Å²) in [5.41, 5.74) is 1.69. The Morgan fingerprint density at radius 1 is 1.40 bits per heavy atom. The van der Waals surface area contributed by atoms with Crippen LogP contribution in [-0.2, 0) is 13.1 Å². The summed E-state index contributed by atoms with van der Waals surface area (Å²) in [5, 5.41) is 14.1. The fourth-order valence-electron chi connectivity index (χ4n) is 1.45. The number of carboxylic acid groups (broad SMARTS) is 1. The number of thiazole rings is 1. The number of imidazole rings is 1. The number of carbonyl (C=O) groups excluding carboxylic acids is 1. The van der Waals surface area contributed by atoms with Gasteiger partial charge in [0.15, 0.2) is 5.69 Å². The van der Waals surface area contributed by atoms with Crippen LogP contribution in [0.25, 0.3) is 0 Å². The van der Waals surface area contributed by atoms with Crippen LogP contribution in [0.15, 0.2) is 24.2 Å². The molecule has 8 nitrogen and oxygen atoms in total. The van der Waals surface area contributed by atoms with Crippen LogP contribution in [0.1, 0.15) is 15.4 Å². The van der Waals surface area contributed by atoms with Crippen molar-refractivity contribution in [3.05, 3.63) is 34.8 Å². The van der Waals surface area contributed by atoms with Crippen molar-refractivity contribution >= 4 is 23.3 Å². The van der Waals surface area contributed by atoms with Gasteiger partial charge in [-0.2, -0.15) is 0 Å². The molecular weight excluding hydrogens is 282 g/mol. The molecule has 0 atom stereocenters. The fraction of sp³-hybridized carbons (Fsp3) is 0.273. The third kappa shape index (κ3) is 4.05. The van der Waals surface area contributed by atoms with Gasteiger partial charge in [-0.3, -0.25) is 4.98 Å². The molecule has 2 heterocycles. The molecule has 2 amide bonds. The Morgan fingerprint density at radius 2 is 2.25 bits per heavy atom. The number of nitrogens with zero attached hydrogens (tertiary/aromatic N) is 3. The van der Waals surface area contributed by atoms with Crippen molar-refractivity contribution in [2.24, 2.45) is 0 Å². The van der Waals surface area contributed by atoms with E-state index in [2.05, 4.69) is 20.6 Å². The van der Waals surface area contributed by atoms with E-state index in [4.69, 9.17) is 5.11 Å². The van der Waals surface area contributed by atoms with Crippen LogP contribution in [0, 0.1) is 0 Å². The summed E-state index contributed by atoms with van der Waals surface area (Å²) in [4.78, 5) is 30.7. The van der Waals surface area contributed by atoms with Gasteiger partial charge in [0.25, 0.3) is 0 Å². The maximum absolute atomic E-state index is 11.5. The van der Waals surface area contributed by atoms with E-state index in [1.165, 1.54) is 23.9 Å². The molecule has 0 radical (unpaired) electrons. The van der Waals surface area contributed by atoms with Gasteiger partial charge in [0, 0.05) is 30.4 Å². The van der Waals surface area contributed by atoms with Crippen LogP contribution in [0.5, 0.6) is 0 Å². The number of carboxylic acids is 1. The van der Waals surface area contributed by atoms with Gasteiger partial charge in [-0.15, -0.1) is 11.3 Å². The first kappa shape index (κ1) is 14.0.